The number of hydrogen-bond donors (Lipinski definition) is 2. The number of aromatic nitrogens is 3. The first-order valence-electron chi connectivity index (χ1n) is 7.93. The molecule has 1 aliphatic rings. The number of rotatable bonds is 4. The maximum absolute atomic E-state index is 12.4. The number of piperazine rings is 1. The standard InChI is InChI=1S/C15H21N5O3/c1-3-10-12-14(21)17-11(15(22)23-4-2)9-20(12)18-13(10)19-7-5-16-6-8-19/h9,16H,3-8H2,1-2H3,(H,17,21). The van der Waals surface area contributed by atoms with Crippen LogP contribution in [0.15, 0.2) is 11.0 Å². The number of esters is 1. The fourth-order valence-corrected chi connectivity index (χ4v) is 2.90. The summed E-state index contributed by atoms with van der Waals surface area (Å²) in [6.45, 7) is 7.45. The maximum atomic E-state index is 12.4. The number of aryl methyl sites for hydroxylation is 1. The zero-order chi connectivity index (χ0) is 16.4. The van der Waals surface area contributed by atoms with Gasteiger partial charge in [-0.2, -0.15) is 0 Å². The second-order valence-electron chi connectivity index (χ2n) is 5.40. The number of hydrogen-bond acceptors (Lipinski definition) is 6. The van der Waals surface area contributed by atoms with Crippen molar-refractivity contribution in [2.45, 2.75) is 20.3 Å². The number of ether oxygens (including phenoxy) is 1. The Hall–Kier alpha value is -2.35. The van der Waals surface area contributed by atoms with Gasteiger partial charge in [0.1, 0.15) is 11.2 Å². The van der Waals surface area contributed by atoms with Crippen LogP contribution in [0, 0.1) is 0 Å². The summed E-state index contributed by atoms with van der Waals surface area (Å²) < 4.78 is 6.44. The van der Waals surface area contributed by atoms with E-state index in [2.05, 4.69) is 20.3 Å². The van der Waals surface area contributed by atoms with Crippen LogP contribution in [0.4, 0.5) is 5.82 Å². The fourth-order valence-electron chi connectivity index (χ4n) is 2.90. The quantitative estimate of drug-likeness (QED) is 0.781. The minimum atomic E-state index is -0.552. The molecule has 23 heavy (non-hydrogen) atoms. The van der Waals surface area contributed by atoms with Crippen LogP contribution >= 0.6 is 0 Å². The van der Waals surface area contributed by atoms with Crippen LogP contribution in [0.25, 0.3) is 5.52 Å². The molecular weight excluding hydrogens is 298 g/mol. The van der Waals surface area contributed by atoms with E-state index < -0.39 is 5.97 Å². The fraction of sp³-hybridized carbons (Fsp3) is 0.533. The Bertz CT molecular complexity index is 773. The molecule has 8 heteroatoms. The van der Waals surface area contributed by atoms with Crippen LogP contribution in [0.3, 0.4) is 0 Å². The Morgan fingerprint density at radius 3 is 2.74 bits per heavy atom. The third-order valence-electron chi connectivity index (χ3n) is 3.97. The summed E-state index contributed by atoms with van der Waals surface area (Å²) in [6, 6.07) is 0. The number of carbonyl (C=O) groups excluding carboxylic acids is 1. The molecule has 8 nitrogen and oxygen atoms in total. The molecular formula is C15H21N5O3. The molecule has 3 rings (SSSR count). The average Bonchev–Trinajstić information content (AvgIpc) is 2.95. The van der Waals surface area contributed by atoms with Crippen molar-refractivity contribution in [3.63, 3.8) is 0 Å². The molecule has 124 valence electrons. The minimum Gasteiger partial charge on any atom is -0.461 e. The predicted octanol–water partition coefficient (Wildman–Crippen LogP) is 0.171. The molecule has 1 fully saturated rings. The van der Waals surface area contributed by atoms with Crippen molar-refractivity contribution in [3.05, 3.63) is 27.8 Å². The number of aromatic amines is 1. The lowest BCUT2D eigenvalue weighted by Gasteiger charge is -2.28. The average molecular weight is 319 g/mol. The van der Waals surface area contributed by atoms with Gasteiger partial charge in [-0.1, -0.05) is 6.92 Å². The molecule has 2 aromatic heterocycles. The normalized spacial score (nSPS) is 15.1. The van der Waals surface area contributed by atoms with E-state index in [-0.39, 0.29) is 17.9 Å². The Morgan fingerprint density at radius 1 is 1.35 bits per heavy atom. The largest absolute Gasteiger partial charge is 0.461 e. The van der Waals surface area contributed by atoms with Crippen LogP contribution < -0.4 is 15.8 Å². The van der Waals surface area contributed by atoms with E-state index in [4.69, 9.17) is 4.74 Å². The molecule has 0 aliphatic carbocycles. The minimum absolute atomic E-state index is 0.112. The summed E-state index contributed by atoms with van der Waals surface area (Å²) >= 11 is 0. The SMILES string of the molecule is CCOC(=O)c1cn2nc(N3CCNCC3)c(CC)c2c(=O)[nH]1. The number of anilines is 1. The zero-order valence-electron chi connectivity index (χ0n) is 13.4. The molecule has 1 saturated heterocycles. The van der Waals surface area contributed by atoms with Crippen LogP contribution in [0.2, 0.25) is 0 Å². The number of nitrogens with zero attached hydrogens (tertiary/aromatic N) is 3. The molecule has 1 aliphatic heterocycles. The molecule has 0 spiro atoms. The lowest BCUT2D eigenvalue weighted by atomic mass is 10.2. The van der Waals surface area contributed by atoms with Gasteiger partial charge < -0.3 is 19.9 Å². The van der Waals surface area contributed by atoms with E-state index in [0.29, 0.717) is 11.9 Å². The summed E-state index contributed by atoms with van der Waals surface area (Å²) in [5, 5.41) is 7.86. The van der Waals surface area contributed by atoms with Gasteiger partial charge in [0.15, 0.2) is 5.82 Å². The number of fused-ring (bicyclic) bond motifs is 1. The molecule has 0 bridgehead atoms. The molecule has 0 atom stereocenters. The van der Waals surface area contributed by atoms with Gasteiger partial charge in [0.25, 0.3) is 5.56 Å². The first-order valence-corrected chi connectivity index (χ1v) is 7.93. The Balaban J connectivity index is 2.11. The molecule has 2 aromatic rings. The van der Waals surface area contributed by atoms with Crippen LogP contribution in [-0.2, 0) is 11.2 Å². The third-order valence-corrected chi connectivity index (χ3v) is 3.97. The Labute approximate surface area is 133 Å². The zero-order valence-corrected chi connectivity index (χ0v) is 13.4. The molecule has 0 saturated carbocycles. The second kappa shape index (κ2) is 6.41. The van der Waals surface area contributed by atoms with Gasteiger partial charge in [0, 0.05) is 31.7 Å². The van der Waals surface area contributed by atoms with Crippen LogP contribution in [0.5, 0.6) is 0 Å². The van der Waals surface area contributed by atoms with Gasteiger partial charge >= 0.3 is 5.97 Å². The van der Waals surface area contributed by atoms with E-state index in [1.807, 2.05) is 6.92 Å². The molecule has 0 radical (unpaired) electrons. The highest BCUT2D eigenvalue weighted by atomic mass is 16.5. The summed E-state index contributed by atoms with van der Waals surface area (Å²) in [4.78, 5) is 29.1. The summed E-state index contributed by atoms with van der Waals surface area (Å²) in [5.74, 6) is 0.268. The monoisotopic (exact) mass is 319 g/mol. The van der Waals surface area contributed by atoms with Gasteiger partial charge in [0.2, 0.25) is 0 Å². The van der Waals surface area contributed by atoms with E-state index >= 15 is 0 Å². The lowest BCUT2D eigenvalue weighted by molar-refractivity contribution is 0.0518. The van der Waals surface area contributed by atoms with Crippen molar-refractivity contribution in [1.82, 2.24) is 19.9 Å². The molecule has 0 aromatic carbocycles. The van der Waals surface area contributed by atoms with Gasteiger partial charge in [-0.3, -0.25) is 4.79 Å². The van der Waals surface area contributed by atoms with E-state index in [0.717, 1.165) is 37.6 Å². The smallest absolute Gasteiger partial charge is 0.356 e. The summed E-state index contributed by atoms with van der Waals surface area (Å²) in [6.07, 6.45) is 2.23. The molecule has 0 unspecified atom stereocenters. The highest BCUT2D eigenvalue weighted by molar-refractivity contribution is 5.87. The van der Waals surface area contributed by atoms with Gasteiger partial charge in [-0.05, 0) is 13.3 Å². The Morgan fingerprint density at radius 2 is 2.09 bits per heavy atom. The van der Waals surface area contributed by atoms with Crippen molar-refractivity contribution in [2.75, 3.05) is 37.7 Å². The maximum Gasteiger partial charge on any atom is 0.356 e. The molecule has 3 heterocycles. The van der Waals surface area contributed by atoms with E-state index in [9.17, 15) is 9.59 Å². The number of carbonyl (C=O) groups is 1. The highest BCUT2D eigenvalue weighted by Crippen LogP contribution is 2.23. The van der Waals surface area contributed by atoms with Crippen molar-refractivity contribution in [3.8, 4) is 0 Å². The van der Waals surface area contributed by atoms with Crippen molar-refractivity contribution >= 4 is 17.3 Å². The molecule has 0 amide bonds. The van der Waals surface area contributed by atoms with Gasteiger partial charge in [0.05, 0.1) is 12.8 Å². The second-order valence-corrected chi connectivity index (χ2v) is 5.40. The topological polar surface area (TPSA) is 91.7 Å². The summed E-state index contributed by atoms with van der Waals surface area (Å²) in [7, 11) is 0. The predicted molar refractivity (Wildman–Crippen MR) is 86.2 cm³/mol. The van der Waals surface area contributed by atoms with Crippen LogP contribution in [-0.4, -0.2) is 53.4 Å². The van der Waals surface area contributed by atoms with E-state index in [1.54, 1.807) is 6.92 Å². The number of H-pyrrole nitrogens is 1. The summed E-state index contributed by atoms with van der Waals surface area (Å²) in [5.41, 5.74) is 1.19. The first kappa shape index (κ1) is 15.5. The third kappa shape index (κ3) is 2.81. The van der Waals surface area contributed by atoms with Crippen molar-refractivity contribution in [2.24, 2.45) is 0 Å². The van der Waals surface area contributed by atoms with Gasteiger partial charge in [-0.15, -0.1) is 5.10 Å². The van der Waals surface area contributed by atoms with Crippen LogP contribution in [0.1, 0.15) is 29.9 Å². The van der Waals surface area contributed by atoms with Crippen molar-refractivity contribution < 1.29 is 9.53 Å². The molecule has 2 N–H and O–H groups in total. The number of nitrogens with one attached hydrogen (secondary N) is 2. The van der Waals surface area contributed by atoms with Gasteiger partial charge in [-0.25, -0.2) is 9.31 Å². The highest BCUT2D eigenvalue weighted by Gasteiger charge is 2.22. The lowest BCUT2D eigenvalue weighted by Crippen LogP contribution is -2.44. The Kier molecular flexibility index (Phi) is 4.33. The van der Waals surface area contributed by atoms with E-state index in [1.165, 1.54) is 10.7 Å². The van der Waals surface area contributed by atoms with Crippen molar-refractivity contribution in [1.29, 1.82) is 0 Å². The first-order chi connectivity index (χ1) is 11.2.